The lowest BCUT2D eigenvalue weighted by molar-refractivity contribution is -0.192. The molecule has 3 aromatic rings. The number of hydrogen-bond donors (Lipinski definition) is 2. The lowest BCUT2D eigenvalue weighted by atomic mass is 10.1. The Kier molecular flexibility index (Phi) is 8.11. The molecule has 1 aromatic heterocycles. The average molecular weight is 516 g/mol. The highest BCUT2D eigenvalue weighted by Crippen LogP contribution is 2.19. The summed E-state index contributed by atoms with van der Waals surface area (Å²) in [7, 11) is 0. The molecular formula is C25H23F3N4O5. The van der Waals surface area contributed by atoms with Gasteiger partial charge in [-0.1, -0.05) is 12.1 Å². The predicted molar refractivity (Wildman–Crippen MR) is 126 cm³/mol. The number of carbonyl (C=O) groups excluding carboxylic acids is 3. The van der Waals surface area contributed by atoms with Gasteiger partial charge in [-0.15, -0.1) is 0 Å². The molecular weight excluding hydrogens is 493 g/mol. The minimum Gasteiger partial charge on any atom is -0.475 e. The number of rotatable bonds is 5. The van der Waals surface area contributed by atoms with Crippen LogP contribution in [0.2, 0.25) is 0 Å². The average Bonchev–Trinajstić information content (AvgIpc) is 3.35. The van der Waals surface area contributed by atoms with E-state index in [0.29, 0.717) is 11.3 Å². The van der Waals surface area contributed by atoms with E-state index in [4.69, 9.17) is 9.90 Å². The number of aromatic nitrogens is 2. The normalized spacial score (nSPS) is 13.3. The van der Waals surface area contributed by atoms with E-state index in [9.17, 15) is 27.6 Å². The number of nitrogens with one attached hydrogen (secondary N) is 1. The van der Waals surface area contributed by atoms with E-state index >= 15 is 0 Å². The molecule has 9 nitrogen and oxygen atoms in total. The molecule has 4 rings (SSSR count). The number of anilines is 1. The summed E-state index contributed by atoms with van der Waals surface area (Å²) in [6, 6.07) is 14.5. The van der Waals surface area contributed by atoms with E-state index in [1.54, 1.807) is 30.6 Å². The minimum absolute atomic E-state index is 0.147. The lowest BCUT2D eigenvalue weighted by Gasteiger charge is -2.14. The Labute approximate surface area is 209 Å². The number of halogens is 3. The third-order valence-corrected chi connectivity index (χ3v) is 5.61. The Bertz CT molecular complexity index is 1300. The molecule has 12 heteroatoms. The van der Waals surface area contributed by atoms with Gasteiger partial charge in [0, 0.05) is 35.5 Å². The number of likely N-dealkylation sites (tertiary alicyclic amines) is 1. The first kappa shape index (κ1) is 27.1. The van der Waals surface area contributed by atoms with E-state index in [-0.39, 0.29) is 37.1 Å². The molecule has 1 saturated heterocycles. The second-order valence-corrected chi connectivity index (χ2v) is 8.16. The fraction of sp³-hybridized carbons (Fsp3) is 0.240. The third-order valence-electron chi connectivity index (χ3n) is 5.61. The van der Waals surface area contributed by atoms with Crippen LogP contribution in [0, 0.1) is 13.8 Å². The summed E-state index contributed by atoms with van der Waals surface area (Å²) in [5, 5.41) is 10.0. The minimum atomic E-state index is -5.08. The molecule has 2 aromatic carbocycles. The first-order chi connectivity index (χ1) is 17.4. The quantitative estimate of drug-likeness (QED) is 0.494. The highest BCUT2D eigenvalue weighted by Gasteiger charge is 2.38. The molecule has 1 aliphatic rings. The standard InChI is InChI=1S/C23H22N4O3.C2HF3O2/c1-15-16(2)27(14-24-15)20-9-7-19(8-10-20)25-23(30)18-5-3-17(4-6-18)13-26-21(28)11-12-22(26)29;3-2(4,5)1(6)7/h3-10,14H,11-13H2,1-2H3,(H,25,30);(H,6,7). The number of carboxylic acid groups (broad SMARTS) is 1. The summed E-state index contributed by atoms with van der Waals surface area (Å²) >= 11 is 0. The molecule has 3 amide bonds. The molecule has 2 heterocycles. The number of alkyl halides is 3. The van der Waals surface area contributed by atoms with Crippen molar-refractivity contribution in [3.05, 3.63) is 77.4 Å². The van der Waals surface area contributed by atoms with Crippen LogP contribution in [0.1, 0.15) is 40.2 Å². The van der Waals surface area contributed by atoms with Crippen LogP contribution in [0.3, 0.4) is 0 Å². The molecule has 37 heavy (non-hydrogen) atoms. The van der Waals surface area contributed by atoms with Gasteiger partial charge in [-0.2, -0.15) is 13.2 Å². The molecule has 0 bridgehead atoms. The maximum Gasteiger partial charge on any atom is 0.490 e. The van der Waals surface area contributed by atoms with Crippen molar-refractivity contribution in [1.29, 1.82) is 0 Å². The summed E-state index contributed by atoms with van der Waals surface area (Å²) in [6.45, 7) is 4.22. The van der Waals surface area contributed by atoms with Crippen molar-refractivity contribution in [1.82, 2.24) is 14.5 Å². The number of aryl methyl sites for hydroxylation is 1. The number of amides is 3. The van der Waals surface area contributed by atoms with Crippen LogP contribution in [-0.2, 0) is 20.9 Å². The molecule has 194 valence electrons. The van der Waals surface area contributed by atoms with Gasteiger partial charge in [0.15, 0.2) is 0 Å². The van der Waals surface area contributed by atoms with Gasteiger partial charge in [0.2, 0.25) is 11.8 Å². The maximum atomic E-state index is 12.5. The zero-order valence-electron chi connectivity index (χ0n) is 19.9. The Hall–Kier alpha value is -4.48. The van der Waals surface area contributed by atoms with Crippen molar-refractivity contribution in [2.45, 2.75) is 39.4 Å². The summed E-state index contributed by atoms with van der Waals surface area (Å²) in [5.41, 5.74) is 5.03. The van der Waals surface area contributed by atoms with Crippen LogP contribution in [0.4, 0.5) is 18.9 Å². The molecule has 1 aliphatic heterocycles. The summed E-state index contributed by atoms with van der Waals surface area (Å²) in [6.07, 6.45) is -2.75. The zero-order valence-corrected chi connectivity index (χ0v) is 19.9. The van der Waals surface area contributed by atoms with Gasteiger partial charge in [0.25, 0.3) is 5.91 Å². The third kappa shape index (κ3) is 6.81. The molecule has 0 radical (unpaired) electrons. The monoisotopic (exact) mass is 516 g/mol. The van der Waals surface area contributed by atoms with Gasteiger partial charge in [-0.05, 0) is 55.8 Å². The lowest BCUT2D eigenvalue weighted by Crippen LogP contribution is -2.28. The Morgan fingerprint density at radius 3 is 1.97 bits per heavy atom. The van der Waals surface area contributed by atoms with Gasteiger partial charge in [-0.3, -0.25) is 19.3 Å². The number of hydrogen-bond acceptors (Lipinski definition) is 5. The molecule has 2 N–H and O–H groups in total. The van der Waals surface area contributed by atoms with E-state index in [1.807, 2.05) is 42.7 Å². The van der Waals surface area contributed by atoms with E-state index in [1.165, 1.54) is 4.90 Å². The zero-order chi connectivity index (χ0) is 27.3. The molecule has 0 spiro atoms. The van der Waals surface area contributed by atoms with E-state index in [2.05, 4.69) is 10.3 Å². The molecule has 0 unspecified atom stereocenters. The van der Waals surface area contributed by atoms with Gasteiger partial charge < -0.3 is 15.0 Å². The number of benzene rings is 2. The van der Waals surface area contributed by atoms with Crippen molar-refractivity contribution in [2.75, 3.05) is 5.32 Å². The number of imidazole rings is 1. The smallest absolute Gasteiger partial charge is 0.475 e. The van der Waals surface area contributed by atoms with Gasteiger partial charge >= 0.3 is 12.1 Å². The first-order valence-electron chi connectivity index (χ1n) is 11.0. The summed E-state index contributed by atoms with van der Waals surface area (Å²) in [5.74, 6) is -3.28. The Morgan fingerprint density at radius 2 is 1.51 bits per heavy atom. The highest BCUT2D eigenvalue weighted by molar-refractivity contribution is 6.04. The second kappa shape index (κ2) is 11.1. The molecule has 0 saturated carbocycles. The summed E-state index contributed by atoms with van der Waals surface area (Å²) < 4.78 is 33.7. The van der Waals surface area contributed by atoms with Crippen molar-refractivity contribution in [3.8, 4) is 5.69 Å². The SMILES string of the molecule is Cc1ncn(-c2ccc(NC(=O)c3ccc(CN4C(=O)CCC4=O)cc3)cc2)c1C.O=C(O)C(F)(F)F. The van der Waals surface area contributed by atoms with E-state index < -0.39 is 12.1 Å². The maximum absolute atomic E-state index is 12.5. The van der Waals surface area contributed by atoms with Crippen molar-refractivity contribution in [2.24, 2.45) is 0 Å². The van der Waals surface area contributed by atoms with Crippen LogP contribution >= 0.6 is 0 Å². The molecule has 1 fully saturated rings. The van der Waals surface area contributed by atoms with Crippen LogP contribution in [0.5, 0.6) is 0 Å². The Morgan fingerprint density at radius 1 is 0.973 bits per heavy atom. The number of imide groups is 1. The number of carbonyl (C=O) groups is 4. The van der Waals surface area contributed by atoms with Crippen molar-refractivity contribution in [3.63, 3.8) is 0 Å². The van der Waals surface area contributed by atoms with E-state index in [0.717, 1.165) is 22.6 Å². The largest absolute Gasteiger partial charge is 0.490 e. The van der Waals surface area contributed by atoms with Crippen LogP contribution < -0.4 is 5.32 Å². The number of nitrogens with zero attached hydrogens (tertiary/aromatic N) is 3. The van der Waals surface area contributed by atoms with Crippen LogP contribution in [0.15, 0.2) is 54.9 Å². The van der Waals surface area contributed by atoms with Gasteiger partial charge in [-0.25, -0.2) is 9.78 Å². The predicted octanol–water partition coefficient (Wildman–Crippen LogP) is 4.02. The first-order valence-corrected chi connectivity index (χ1v) is 11.0. The number of carboxylic acids is 1. The Balaban J connectivity index is 0.000000479. The second-order valence-electron chi connectivity index (χ2n) is 8.16. The molecule has 0 atom stereocenters. The summed E-state index contributed by atoms with van der Waals surface area (Å²) in [4.78, 5) is 50.5. The van der Waals surface area contributed by atoms with Gasteiger partial charge in [0.05, 0.1) is 18.6 Å². The van der Waals surface area contributed by atoms with Crippen LogP contribution in [-0.4, -0.2) is 49.4 Å². The van der Waals surface area contributed by atoms with Crippen LogP contribution in [0.25, 0.3) is 5.69 Å². The topological polar surface area (TPSA) is 122 Å². The fourth-order valence-corrected chi connectivity index (χ4v) is 3.41. The van der Waals surface area contributed by atoms with Gasteiger partial charge in [0.1, 0.15) is 0 Å². The fourth-order valence-electron chi connectivity index (χ4n) is 3.41. The highest BCUT2D eigenvalue weighted by atomic mass is 19.4. The number of aliphatic carboxylic acids is 1. The van der Waals surface area contributed by atoms with Crippen molar-refractivity contribution >= 4 is 29.4 Å². The van der Waals surface area contributed by atoms with Crippen molar-refractivity contribution < 1.29 is 37.5 Å². The molecule has 0 aliphatic carbocycles.